The van der Waals surface area contributed by atoms with Gasteiger partial charge in [-0.1, -0.05) is 0 Å². The van der Waals surface area contributed by atoms with E-state index >= 15 is 0 Å². The van der Waals surface area contributed by atoms with Crippen LogP contribution in [-0.2, 0) is 0 Å². The molecule has 8 heavy (non-hydrogen) atoms. The highest BCUT2D eigenvalue weighted by atomic mass is 16.5. The highest BCUT2D eigenvalue weighted by molar-refractivity contribution is 4.83. The molecule has 4 heteroatoms. The topological polar surface area (TPSA) is 64.5 Å². The van der Waals surface area contributed by atoms with Crippen LogP contribution in [0.3, 0.4) is 0 Å². The lowest BCUT2D eigenvalue weighted by atomic mass is 10.2. The molecule has 1 aliphatic heterocycles. The number of β-amino-alcohol motifs (C(OH)–C–C–N with tert-alkyl or cyclic N) is 1. The van der Waals surface area contributed by atoms with Gasteiger partial charge in [-0.3, -0.25) is 0 Å². The third kappa shape index (κ3) is 0.976. The van der Waals surface area contributed by atoms with Crippen molar-refractivity contribution in [3.05, 3.63) is 0 Å². The molecule has 1 fully saturated rings. The standard InChI is InChI=1S/C4H10N2O2/c7-4-2-5-1-3(4)6-8/h3-8H,1-2H2. The molecule has 0 saturated carbocycles. The first-order valence-electron chi connectivity index (χ1n) is 2.63. The molecular weight excluding hydrogens is 108 g/mol. The van der Waals surface area contributed by atoms with E-state index in [0.717, 1.165) is 0 Å². The highest BCUT2D eigenvalue weighted by Gasteiger charge is 2.23. The Labute approximate surface area is 47.5 Å². The molecule has 0 spiro atoms. The number of aliphatic hydroxyl groups is 1. The Hall–Kier alpha value is -0.160. The Morgan fingerprint density at radius 3 is 2.50 bits per heavy atom. The summed E-state index contributed by atoms with van der Waals surface area (Å²) in [7, 11) is 0. The van der Waals surface area contributed by atoms with Crippen LogP contribution in [-0.4, -0.2) is 35.5 Å². The molecule has 0 aromatic carbocycles. The molecule has 1 heterocycles. The van der Waals surface area contributed by atoms with Gasteiger partial charge in [0.15, 0.2) is 0 Å². The summed E-state index contributed by atoms with van der Waals surface area (Å²) in [6.07, 6.45) is -0.444. The number of rotatable bonds is 1. The zero-order chi connectivity index (χ0) is 5.98. The van der Waals surface area contributed by atoms with Crippen molar-refractivity contribution in [2.24, 2.45) is 0 Å². The molecule has 2 atom stereocenters. The summed E-state index contributed by atoms with van der Waals surface area (Å²) in [5.41, 5.74) is 2.00. The van der Waals surface area contributed by atoms with Gasteiger partial charge >= 0.3 is 0 Å². The van der Waals surface area contributed by atoms with E-state index in [2.05, 4.69) is 5.32 Å². The monoisotopic (exact) mass is 118 g/mol. The number of hydrogen-bond donors (Lipinski definition) is 4. The maximum Gasteiger partial charge on any atom is 0.0852 e. The van der Waals surface area contributed by atoms with E-state index in [4.69, 9.17) is 10.3 Å². The molecule has 0 aromatic heterocycles. The molecule has 1 saturated heterocycles. The lowest BCUT2D eigenvalue weighted by Crippen LogP contribution is -2.36. The Kier molecular flexibility index (Phi) is 1.80. The van der Waals surface area contributed by atoms with Crippen LogP contribution in [0.4, 0.5) is 0 Å². The zero-order valence-corrected chi connectivity index (χ0v) is 4.46. The van der Waals surface area contributed by atoms with Crippen LogP contribution in [0, 0.1) is 0 Å². The minimum atomic E-state index is -0.444. The number of hydroxylamine groups is 1. The summed E-state index contributed by atoms with van der Waals surface area (Å²) in [4.78, 5) is 0. The average Bonchev–Trinajstić information content (AvgIpc) is 2.14. The molecule has 0 radical (unpaired) electrons. The van der Waals surface area contributed by atoms with Crippen molar-refractivity contribution in [2.75, 3.05) is 13.1 Å². The van der Waals surface area contributed by atoms with Gasteiger partial charge in [-0.15, -0.1) is 0 Å². The lowest BCUT2D eigenvalue weighted by Gasteiger charge is -2.08. The zero-order valence-electron chi connectivity index (χ0n) is 4.46. The summed E-state index contributed by atoms with van der Waals surface area (Å²) < 4.78 is 0. The Morgan fingerprint density at radius 1 is 1.50 bits per heavy atom. The SMILES string of the molecule is ONC1CNCC1O. The number of hydrogen-bond acceptors (Lipinski definition) is 4. The van der Waals surface area contributed by atoms with E-state index in [1.807, 2.05) is 5.48 Å². The first-order valence-corrected chi connectivity index (χ1v) is 2.63. The minimum Gasteiger partial charge on any atom is -0.390 e. The van der Waals surface area contributed by atoms with Gasteiger partial charge in [-0.2, -0.15) is 5.48 Å². The first-order chi connectivity index (χ1) is 3.84. The van der Waals surface area contributed by atoms with Gasteiger partial charge in [0.2, 0.25) is 0 Å². The van der Waals surface area contributed by atoms with Crippen LogP contribution in [0.1, 0.15) is 0 Å². The predicted molar refractivity (Wildman–Crippen MR) is 27.6 cm³/mol. The molecule has 0 aliphatic carbocycles. The minimum absolute atomic E-state index is 0.185. The summed E-state index contributed by atoms with van der Waals surface area (Å²) in [6, 6.07) is -0.185. The molecule has 0 amide bonds. The van der Waals surface area contributed by atoms with E-state index in [1.54, 1.807) is 0 Å². The van der Waals surface area contributed by atoms with Gasteiger partial charge in [0.1, 0.15) is 0 Å². The van der Waals surface area contributed by atoms with Crippen molar-refractivity contribution in [3.63, 3.8) is 0 Å². The highest BCUT2D eigenvalue weighted by Crippen LogP contribution is 1.96. The van der Waals surface area contributed by atoms with Crippen LogP contribution >= 0.6 is 0 Å². The third-order valence-electron chi connectivity index (χ3n) is 1.35. The molecule has 1 rings (SSSR count). The normalized spacial score (nSPS) is 38.2. The molecule has 4 nitrogen and oxygen atoms in total. The van der Waals surface area contributed by atoms with E-state index in [0.29, 0.717) is 13.1 Å². The Bertz CT molecular complexity index is 78.4. The van der Waals surface area contributed by atoms with Crippen LogP contribution < -0.4 is 10.8 Å². The quantitative estimate of drug-likeness (QED) is 0.310. The van der Waals surface area contributed by atoms with Gasteiger partial charge in [0.05, 0.1) is 12.1 Å². The van der Waals surface area contributed by atoms with Gasteiger partial charge in [0.25, 0.3) is 0 Å². The average molecular weight is 118 g/mol. The van der Waals surface area contributed by atoms with Crippen LogP contribution in [0.15, 0.2) is 0 Å². The maximum atomic E-state index is 8.90. The molecular formula is C4H10N2O2. The van der Waals surface area contributed by atoms with Crippen LogP contribution in [0.5, 0.6) is 0 Å². The fraction of sp³-hybridized carbons (Fsp3) is 1.00. The largest absolute Gasteiger partial charge is 0.390 e. The first kappa shape index (κ1) is 5.97. The summed E-state index contributed by atoms with van der Waals surface area (Å²) in [5.74, 6) is 0. The fourth-order valence-electron chi connectivity index (χ4n) is 0.797. The van der Waals surface area contributed by atoms with Crippen molar-refractivity contribution in [3.8, 4) is 0 Å². The summed E-state index contributed by atoms with van der Waals surface area (Å²) >= 11 is 0. The second kappa shape index (κ2) is 2.41. The third-order valence-corrected chi connectivity index (χ3v) is 1.35. The van der Waals surface area contributed by atoms with Crippen molar-refractivity contribution < 1.29 is 10.3 Å². The smallest absolute Gasteiger partial charge is 0.0852 e. The predicted octanol–water partition coefficient (Wildman–Crippen LogP) is -1.70. The van der Waals surface area contributed by atoms with Gasteiger partial charge in [-0.25, -0.2) is 0 Å². The van der Waals surface area contributed by atoms with Crippen LogP contribution in [0.2, 0.25) is 0 Å². The van der Waals surface area contributed by atoms with Gasteiger partial charge < -0.3 is 15.6 Å². The van der Waals surface area contributed by atoms with Crippen molar-refractivity contribution in [1.82, 2.24) is 10.8 Å². The Morgan fingerprint density at radius 2 is 2.25 bits per heavy atom. The summed E-state index contributed by atoms with van der Waals surface area (Å²) in [6.45, 7) is 1.20. The van der Waals surface area contributed by atoms with Gasteiger partial charge in [-0.05, 0) is 0 Å². The van der Waals surface area contributed by atoms with Gasteiger partial charge in [0, 0.05) is 13.1 Å². The second-order valence-corrected chi connectivity index (χ2v) is 1.96. The number of aliphatic hydroxyl groups excluding tert-OH is 1. The van der Waals surface area contributed by atoms with E-state index in [9.17, 15) is 0 Å². The summed E-state index contributed by atoms with van der Waals surface area (Å²) in [5, 5.41) is 20.1. The lowest BCUT2D eigenvalue weighted by molar-refractivity contribution is 0.0663. The molecule has 48 valence electrons. The van der Waals surface area contributed by atoms with E-state index in [1.165, 1.54) is 0 Å². The van der Waals surface area contributed by atoms with E-state index in [-0.39, 0.29) is 6.04 Å². The van der Waals surface area contributed by atoms with E-state index < -0.39 is 6.10 Å². The molecule has 1 aliphatic rings. The van der Waals surface area contributed by atoms with Crippen molar-refractivity contribution in [2.45, 2.75) is 12.1 Å². The molecule has 0 bridgehead atoms. The second-order valence-electron chi connectivity index (χ2n) is 1.96. The number of nitrogens with one attached hydrogen (secondary N) is 2. The Balaban J connectivity index is 2.30. The van der Waals surface area contributed by atoms with Crippen molar-refractivity contribution >= 4 is 0 Å². The fourth-order valence-corrected chi connectivity index (χ4v) is 0.797. The molecule has 0 aromatic rings. The molecule has 4 N–H and O–H groups in total. The van der Waals surface area contributed by atoms with Crippen LogP contribution in [0.25, 0.3) is 0 Å². The molecule has 2 unspecified atom stereocenters. The maximum absolute atomic E-state index is 8.90. The van der Waals surface area contributed by atoms with Crippen molar-refractivity contribution in [1.29, 1.82) is 0 Å².